The van der Waals surface area contributed by atoms with E-state index < -0.39 is 18.3 Å². The third kappa shape index (κ3) is 5.08. The maximum Gasteiger partial charge on any atom is 0.408 e. The molecule has 1 aromatic heterocycles. The number of hydrogen-bond acceptors (Lipinski definition) is 4. The highest BCUT2D eigenvalue weighted by Crippen LogP contribution is 2.44. The molecule has 0 saturated carbocycles. The monoisotopic (exact) mass is 545 g/mol. The van der Waals surface area contributed by atoms with Gasteiger partial charge >= 0.3 is 6.18 Å². The zero-order chi connectivity index (χ0) is 26.3. The summed E-state index contributed by atoms with van der Waals surface area (Å²) in [5.41, 5.74) is 3.23. The number of hydrogen-bond donors (Lipinski definition) is 1. The zero-order valence-electron chi connectivity index (χ0n) is 20.1. The molecule has 5 rings (SSSR count). The van der Waals surface area contributed by atoms with Crippen LogP contribution in [0.3, 0.4) is 0 Å². The summed E-state index contributed by atoms with van der Waals surface area (Å²) in [5.74, 6) is 0.599. The molecule has 0 amide bonds. The van der Waals surface area contributed by atoms with Gasteiger partial charge in [-0.05, 0) is 29.8 Å². The lowest BCUT2D eigenvalue weighted by Crippen LogP contribution is -2.39. The Hall–Kier alpha value is -3.00. The second-order valence-electron chi connectivity index (χ2n) is 9.19. The van der Waals surface area contributed by atoms with E-state index in [1.165, 1.54) is 6.20 Å². The molecular weight excluding hydrogens is 522 g/mol. The van der Waals surface area contributed by atoms with Crippen molar-refractivity contribution in [2.45, 2.75) is 24.7 Å². The molecular formula is C28H24Cl2F3N3O. The highest BCUT2D eigenvalue weighted by atomic mass is 35.5. The Labute approximate surface area is 223 Å². The molecule has 1 N–H and O–H groups in total. The van der Waals surface area contributed by atoms with Crippen LogP contribution in [0.25, 0.3) is 22.0 Å². The van der Waals surface area contributed by atoms with Crippen LogP contribution in [0.15, 0.2) is 66.9 Å². The van der Waals surface area contributed by atoms with E-state index in [1.54, 1.807) is 67.5 Å². The Bertz CT molecular complexity index is 1440. The van der Waals surface area contributed by atoms with Crippen LogP contribution in [-0.4, -0.2) is 31.9 Å². The Kier molecular flexibility index (Phi) is 6.96. The quantitative estimate of drug-likeness (QED) is 0.275. The normalized spacial score (nSPS) is 16.2. The summed E-state index contributed by atoms with van der Waals surface area (Å²) in [6.45, 7) is 0.335. The highest BCUT2D eigenvalue weighted by molar-refractivity contribution is 6.35. The van der Waals surface area contributed by atoms with Crippen molar-refractivity contribution in [1.29, 1.82) is 0 Å². The largest absolute Gasteiger partial charge is 0.493 e. The van der Waals surface area contributed by atoms with E-state index in [0.29, 0.717) is 51.0 Å². The van der Waals surface area contributed by atoms with Crippen LogP contribution in [-0.2, 0) is 0 Å². The average molecular weight is 546 g/mol. The van der Waals surface area contributed by atoms with Gasteiger partial charge in [0.1, 0.15) is 11.8 Å². The number of ether oxygens (including phenoxy) is 1. The Morgan fingerprint density at radius 3 is 2.46 bits per heavy atom. The van der Waals surface area contributed by atoms with Gasteiger partial charge in [0.25, 0.3) is 0 Å². The lowest BCUT2D eigenvalue weighted by molar-refractivity contribution is -0.160. The predicted octanol–water partition coefficient (Wildman–Crippen LogP) is 7.99. The molecule has 37 heavy (non-hydrogen) atoms. The third-order valence-corrected chi connectivity index (χ3v) is 6.92. The van der Waals surface area contributed by atoms with E-state index >= 15 is 0 Å². The molecule has 192 valence electrons. The smallest absolute Gasteiger partial charge is 0.408 e. The van der Waals surface area contributed by atoms with E-state index in [2.05, 4.69) is 10.3 Å². The lowest BCUT2D eigenvalue weighted by Gasteiger charge is -2.33. The summed E-state index contributed by atoms with van der Waals surface area (Å²) in [6, 6.07) is 15.3. The van der Waals surface area contributed by atoms with Gasteiger partial charge in [-0.2, -0.15) is 13.2 Å². The zero-order valence-corrected chi connectivity index (χ0v) is 21.6. The van der Waals surface area contributed by atoms with E-state index in [1.807, 2.05) is 12.1 Å². The summed E-state index contributed by atoms with van der Waals surface area (Å²) in [7, 11) is 3.47. The molecule has 1 unspecified atom stereocenters. The van der Waals surface area contributed by atoms with Crippen LogP contribution < -0.4 is 15.0 Å². The first-order chi connectivity index (χ1) is 17.6. The third-order valence-electron chi connectivity index (χ3n) is 6.48. The molecule has 1 aliphatic rings. The molecule has 2 heterocycles. The maximum absolute atomic E-state index is 14.6. The van der Waals surface area contributed by atoms with Crippen molar-refractivity contribution in [3.63, 3.8) is 0 Å². The number of nitrogens with zero attached hydrogens (tertiary/aromatic N) is 2. The Morgan fingerprint density at radius 2 is 1.76 bits per heavy atom. The lowest BCUT2D eigenvalue weighted by atomic mass is 9.95. The first kappa shape index (κ1) is 25.6. The summed E-state index contributed by atoms with van der Waals surface area (Å²) < 4.78 is 49.6. The van der Waals surface area contributed by atoms with Crippen LogP contribution >= 0.6 is 23.2 Å². The van der Waals surface area contributed by atoms with Crippen LogP contribution in [0.2, 0.25) is 10.0 Å². The van der Waals surface area contributed by atoms with Crippen molar-refractivity contribution in [3.8, 4) is 16.9 Å². The molecule has 4 aromatic rings. The SMILES string of the molecule is CN(C)c1c(C(N[C@H]2CCOc3ccccc32)C(F)(F)F)cnc2c(-c3cc(Cl)cc(Cl)c3)cccc12. The van der Waals surface area contributed by atoms with E-state index in [0.717, 1.165) is 11.1 Å². The standard InChI is InChI=1S/C28H24Cl2F3N3O/c1-36(2)26-21-8-5-7-19(16-12-17(29)14-18(30)13-16)25(21)34-15-22(26)27(28(31,32)33)35-23-10-11-37-24-9-4-3-6-20(23)24/h3-9,12-15,23,27,35H,10-11H2,1-2H3/t23-,27?/m0/s1. The van der Waals surface area contributed by atoms with Crippen molar-refractivity contribution >= 4 is 39.8 Å². The number of alkyl halides is 3. The molecule has 9 heteroatoms. The number of rotatable bonds is 5. The number of nitrogens with one attached hydrogen (secondary N) is 1. The van der Waals surface area contributed by atoms with Crippen LogP contribution in [0.4, 0.5) is 18.9 Å². The number of para-hydroxylation sites is 2. The van der Waals surface area contributed by atoms with Gasteiger partial charge in [-0.25, -0.2) is 0 Å². The van der Waals surface area contributed by atoms with E-state index in [4.69, 9.17) is 27.9 Å². The Morgan fingerprint density at radius 1 is 1.03 bits per heavy atom. The van der Waals surface area contributed by atoms with Crippen molar-refractivity contribution in [2.75, 3.05) is 25.6 Å². The minimum atomic E-state index is -4.56. The first-order valence-electron chi connectivity index (χ1n) is 11.7. The van der Waals surface area contributed by atoms with E-state index in [-0.39, 0.29) is 5.56 Å². The van der Waals surface area contributed by atoms with E-state index in [9.17, 15) is 13.2 Å². The molecule has 0 aliphatic carbocycles. The van der Waals surface area contributed by atoms with Crippen LogP contribution in [0, 0.1) is 0 Å². The summed E-state index contributed by atoms with van der Waals surface area (Å²) in [5, 5.41) is 4.40. The fourth-order valence-electron chi connectivity index (χ4n) is 4.95. The molecule has 0 bridgehead atoms. The molecule has 2 atom stereocenters. The summed E-state index contributed by atoms with van der Waals surface area (Å²) in [6.07, 6.45) is -2.82. The Balaban J connectivity index is 1.65. The molecule has 3 aromatic carbocycles. The molecule has 0 saturated heterocycles. The van der Waals surface area contributed by atoms with Crippen LogP contribution in [0.1, 0.15) is 29.6 Å². The molecule has 0 spiro atoms. The first-order valence-corrected chi connectivity index (χ1v) is 12.5. The minimum absolute atomic E-state index is 0.0512. The number of anilines is 1. The summed E-state index contributed by atoms with van der Waals surface area (Å²) >= 11 is 12.4. The van der Waals surface area contributed by atoms with Gasteiger partial charge in [0, 0.05) is 64.9 Å². The molecule has 1 aliphatic heterocycles. The fraction of sp³-hybridized carbons (Fsp3) is 0.250. The fourth-order valence-corrected chi connectivity index (χ4v) is 5.48. The molecule has 0 radical (unpaired) electrons. The van der Waals surface area contributed by atoms with Gasteiger partial charge in [-0.1, -0.05) is 59.6 Å². The topological polar surface area (TPSA) is 37.4 Å². The average Bonchev–Trinajstić information content (AvgIpc) is 2.85. The van der Waals surface area contributed by atoms with Gasteiger partial charge in [-0.15, -0.1) is 0 Å². The maximum atomic E-state index is 14.6. The summed E-state index contributed by atoms with van der Waals surface area (Å²) in [4.78, 5) is 6.25. The number of benzene rings is 3. The number of aromatic nitrogens is 1. The van der Waals surface area contributed by atoms with Gasteiger partial charge in [0.2, 0.25) is 0 Å². The second-order valence-corrected chi connectivity index (χ2v) is 10.1. The highest BCUT2D eigenvalue weighted by Gasteiger charge is 2.44. The van der Waals surface area contributed by atoms with Crippen molar-refractivity contribution in [1.82, 2.24) is 10.3 Å². The minimum Gasteiger partial charge on any atom is -0.493 e. The van der Waals surface area contributed by atoms with Crippen molar-refractivity contribution in [2.24, 2.45) is 0 Å². The number of halogens is 5. The van der Waals surface area contributed by atoms with Gasteiger partial charge in [-0.3, -0.25) is 10.3 Å². The van der Waals surface area contributed by atoms with Crippen molar-refractivity contribution < 1.29 is 17.9 Å². The number of fused-ring (bicyclic) bond motifs is 2. The van der Waals surface area contributed by atoms with Gasteiger partial charge < -0.3 is 9.64 Å². The second kappa shape index (κ2) is 10.0. The number of pyridine rings is 1. The predicted molar refractivity (Wildman–Crippen MR) is 143 cm³/mol. The van der Waals surface area contributed by atoms with Gasteiger partial charge in [0.05, 0.1) is 17.8 Å². The van der Waals surface area contributed by atoms with Crippen molar-refractivity contribution in [3.05, 3.63) is 88.0 Å². The molecule has 4 nitrogen and oxygen atoms in total. The molecule has 0 fully saturated rings. The van der Waals surface area contributed by atoms with Gasteiger partial charge in [0.15, 0.2) is 0 Å². The van der Waals surface area contributed by atoms with Crippen LogP contribution in [0.5, 0.6) is 5.75 Å².